The quantitative estimate of drug-likeness (QED) is 0.428. The van der Waals surface area contributed by atoms with Gasteiger partial charge in [0.2, 0.25) is 0 Å². The maximum Gasteiger partial charge on any atom is 0.144 e. The number of rotatable bonds is 3. The molecule has 0 saturated heterocycles. The van der Waals surface area contributed by atoms with Crippen molar-refractivity contribution in [2.75, 3.05) is 6.61 Å². The van der Waals surface area contributed by atoms with E-state index in [0.29, 0.717) is 0 Å². The second kappa shape index (κ2) is 9.32. The van der Waals surface area contributed by atoms with E-state index in [1.165, 1.54) is 0 Å². The van der Waals surface area contributed by atoms with Crippen molar-refractivity contribution in [1.82, 2.24) is 0 Å². The van der Waals surface area contributed by atoms with Crippen LogP contribution in [0.2, 0.25) is 0 Å². The molecule has 4 nitrogen and oxygen atoms in total. The van der Waals surface area contributed by atoms with E-state index in [9.17, 15) is 10.2 Å². The normalized spacial score (nSPS) is 13.0. The zero-order chi connectivity index (χ0) is 13.1. The van der Waals surface area contributed by atoms with Crippen LogP contribution in [0.4, 0.5) is 0 Å². The van der Waals surface area contributed by atoms with Crippen LogP contribution in [0.3, 0.4) is 0 Å². The molecule has 0 aliphatic rings. The Labute approximate surface area is 100 Å². The van der Waals surface area contributed by atoms with Gasteiger partial charge in [-0.1, -0.05) is 11.8 Å². The van der Waals surface area contributed by atoms with Gasteiger partial charge in [-0.25, -0.2) is 0 Å². The van der Waals surface area contributed by atoms with Crippen LogP contribution in [0.15, 0.2) is 0 Å². The molecule has 0 aromatic heterocycles. The molecule has 0 heterocycles. The van der Waals surface area contributed by atoms with E-state index in [0.717, 1.165) is 0 Å². The van der Waals surface area contributed by atoms with Crippen molar-refractivity contribution in [3.05, 3.63) is 0 Å². The summed E-state index contributed by atoms with van der Waals surface area (Å²) in [7, 11) is 0. The number of aliphatic hydroxyl groups excluding tert-OH is 4. The van der Waals surface area contributed by atoms with Gasteiger partial charge in [-0.3, -0.25) is 0 Å². The predicted molar refractivity (Wildman–Crippen MR) is 61.9 cm³/mol. The van der Waals surface area contributed by atoms with Crippen LogP contribution in [0.5, 0.6) is 0 Å². The molecule has 0 aromatic rings. The lowest BCUT2D eigenvalue weighted by Crippen LogP contribution is -2.38. The lowest BCUT2D eigenvalue weighted by atomic mass is 10.1. The Hall–Kier alpha value is -1.92. The van der Waals surface area contributed by atoms with Crippen molar-refractivity contribution < 1.29 is 20.4 Å². The van der Waals surface area contributed by atoms with E-state index in [2.05, 4.69) is 47.4 Å². The summed E-state index contributed by atoms with van der Waals surface area (Å²) in [4.78, 5) is 0. The minimum Gasteiger partial charge on any atom is -0.394 e. The maximum atomic E-state index is 9.24. The van der Waals surface area contributed by atoms with Gasteiger partial charge in [-0.15, -0.1) is 0 Å². The van der Waals surface area contributed by atoms with Crippen LogP contribution >= 0.6 is 0 Å². The molecule has 17 heavy (non-hydrogen) atoms. The van der Waals surface area contributed by atoms with Crippen molar-refractivity contribution in [3.8, 4) is 47.4 Å². The topological polar surface area (TPSA) is 80.9 Å². The standard InChI is InChI=1S/C13H12O4/c1-2-3-4-5-6-7-8-9-11(15)13(17)12(16)10-14/h11-17H,10H2,1H3/t11-,12-,13-/m0/s1. The van der Waals surface area contributed by atoms with Gasteiger partial charge in [0, 0.05) is 0 Å². The van der Waals surface area contributed by atoms with Crippen LogP contribution in [-0.4, -0.2) is 45.3 Å². The van der Waals surface area contributed by atoms with E-state index < -0.39 is 24.9 Å². The van der Waals surface area contributed by atoms with Gasteiger partial charge in [-0.2, -0.15) is 0 Å². The molecule has 0 unspecified atom stereocenters. The second-order valence-electron chi connectivity index (χ2n) is 2.83. The fraction of sp³-hybridized carbons (Fsp3) is 0.385. The molecular formula is C13H12O4. The number of hydrogen-bond acceptors (Lipinski definition) is 4. The Morgan fingerprint density at radius 3 is 1.94 bits per heavy atom. The first kappa shape index (κ1) is 15.1. The monoisotopic (exact) mass is 232 g/mol. The van der Waals surface area contributed by atoms with Gasteiger partial charge in [0.05, 0.1) is 6.61 Å². The first-order chi connectivity index (χ1) is 8.13. The van der Waals surface area contributed by atoms with E-state index in [1.54, 1.807) is 6.92 Å². The van der Waals surface area contributed by atoms with Crippen LogP contribution in [0, 0.1) is 47.4 Å². The van der Waals surface area contributed by atoms with E-state index >= 15 is 0 Å². The first-order valence-electron chi connectivity index (χ1n) is 4.70. The first-order valence-corrected chi connectivity index (χ1v) is 4.70. The molecule has 0 aliphatic heterocycles. The minimum absolute atomic E-state index is 0.660. The summed E-state index contributed by atoms with van der Waals surface area (Å²) < 4.78 is 0. The molecule has 0 spiro atoms. The zero-order valence-corrected chi connectivity index (χ0v) is 9.23. The van der Waals surface area contributed by atoms with E-state index in [1.807, 2.05) is 0 Å². The molecule has 0 amide bonds. The van der Waals surface area contributed by atoms with Gasteiger partial charge >= 0.3 is 0 Å². The van der Waals surface area contributed by atoms with E-state index in [4.69, 9.17) is 10.2 Å². The molecule has 88 valence electrons. The fourth-order valence-electron chi connectivity index (χ4n) is 0.701. The molecular weight excluding hydrogens is 220 g/mol. The van der Waals surface area contributed by atoms with Crippen LogP contribution in [0.1, 0.15) is 6.92 Å². The molecule has 4 heteroatoms. The lowest BCUT2D eigenvalue weighted by Gasteiger charge is -2.16. The SMILES string of the molecule is CC#CC#CC#CC#C[C@H](O)[C@H](O)[C@@H](O)CO. The van der Waals surface area contributed by atoms with Gasteiger partial charge in [0.1, 0.15) is 18.3 Å². The highest BCUT2D eigenvalue weighted by Crippen LogP contribution is 1.98. The third-order valence-electron chi connectivity index (χ3n) is 1.56. The Balaban J connectivity index is 4.35. The summed E-state index contributed by atoms with van der Waals surface area (Å²) in [5, 5.41) is 36.0. The molecule has 0 aromatic carbocycles. The maximum absolute atomic E-state index is 9.24. The molecule has 4 N–H and O–H groups in total. The van der Waals surface area contributed by atoms with Crippen molar-refractivity contribution >= 4 is 0 Å². The summed E-state index contributed by atoms with van der Waals surface area (Å²) in [5.41, 5.74) is 0. The molecule has 3 atom stereocenters. The van der Waals surface area contributed by atoms with E-state index in [-0.39, 0.29) is 0 Å². The Kier molecular flexibility index (Phi) is 8.26. The van der Waals surface area contributed by atoms with Crippen LogP contribution in [-0.2, 0) is 0 Å². The Bertz CT molecular complexity index is 464. The highest BCUT2D eigenvalue weighted by Gasteiger charge is 2.21. The molecule has 0 saturated carbocycles. The minimum atomic E-state index is -1.54. The highest BCUT2D eigenvalue weighted by molar-refractivity contribution is 5.40. The summed E-state index contributed by atoms with van der Waals surface area (Å²) in [6, 6.07) is 0. The zero-order valence-electron chi connectivity index (χ0n) is 9.23. The summed E-state index contributed by atoms with van der Waals surface area (Å²) in [6.07, 6.45) is -4.45. The van der Waals surface area contributed by atoms with Crippen molar-refractivity contribution in [3.63, 3.8) is 0 Å². The average Bonchev–Trinajstić information content (AvgIpc) is 2.35. The molecule has 0 aliphatic carbocycles. The lowest BCUT2D eigenvalue weighted by molar-refractivity contribution is -0.0583. The Morgan fingerprint density at radius 2 is 1.41 bits per heavy atom. The third-order valence-corrected chi connectivity index (χ3v) is 1.56. The second-order valence-corrected chi connectivity index (χ2v) is 2.83. The summed E-state index contributed by atoms with van der Waals surface area (Å²) in [5.74, 6) is 19.0. The summed E-state index contributed by atoms with van der Waals surface area (Å²) >= 11 is 0. The van der Waals surface area contributed by atoms with Gasteiger partial charge in [0.15, 0.2) is 0 Å². The van der Waals surface area contributed by atoms with Gasteiger partial charge < -0.3 is 20.4 Å². The van der Waals surface area contributed by atoms with Gasteiger partial charge in [0.25, 0.3) is 0 Å². The van der Waals surface area contributed by atoms with Crippen molar-refractivity contribution in [2.24, 2.45) is 0 Å². The highest BCUT2D eigenvalue weighted by atomic mass is 16.4. The van der Waals surface area contributed by atoms with Gasteiger partial charge in [-0.05, 0) is 42.4 Å². The largest absolute Gasteiger partial charge is 0.394 e. The van der Waals surface area contributed by atoms with Crippen LogP contribution < -0.4 is 0 Å². The average molecular weight is 232 g/mol. The van der Waals surface area contributed by atoms with Crippen molar-refractivity contribution in [2.45, 2.75) is 25.2 Å². The fourth-order valence-corrected chi connectivity index (χ4v) is 0.701. The Morgan fingerprint density at radius 1 is 0.882 bits per heavy atom. The smallest absolute Gasteiger partial charge is 0.144 e. The molecule has 0 fully saturated rings. The number of aliphatic hydroxyl groups is 4. The van der Waals surface area contributed by atoms with Crippen LogP contribution in [0.25, 0.3) is 0 Å². The molecule has 0 bridgehead atoms. The third kappa shape index (κ3) is 7.04. The predicted octanol–water partition coefficient (Wildman–Crippen LogP) is -1.91. The molecule has 0 radical (unpaired) electrons. The van der Waals surface area contributed by atoms with Crippen molar-refractivity contribution in [1.29, 1.82) is 0 Å². The molecule has 0 rings (SSSR count). The summed E-state index contributed by atoms with van der Waals surface area (Å²) in [6.45, 7) is 0.985. The number of hydrogen-bond donors (Lipinski definition) is 4.